The first kappa shape index (κ1) is 27.5. The Morgan fingerprint density at radius 1 is 1.00 bits per heavy atom. The molecule has 0 bridgehead atoms. The molecule has 212 valence electrons. The third kappa shape index (κ3) is 5.74. The number of carbonyl (C=O) groups is 1. The third-order valence-corrected chi connectivity index (χ3v) is 8.99. The summed E-state index contributed by atoms with van der Waals surface area (Å²) in [4.78, 5) is 36.5. The van der Waals surface area contributed by atoms with Crippen molar-refractivity contribution in [3.05, 3.63) is 105 Å². The Labute approximate surface area is 250 Å². The molecule has 1 saturated heterocycles. The second-order valence-corrected chi connectivity index (χ2v) is 11.5. The molecule has 42 heavy (non-hydrogen) atoms. The number of hydrogen-bond acceptors (Lipinski definition) is 10. The number of non-ortho nitro benzene ring substituents is 1. The van der Waals surface area contributed by atoms with E-state index in [9.17, 15) is 14.9 Å². The summed E-state index contributed by atoms with van der Waals surface area (Å²) in [6.45, 7) is 4.45. The minimum Gasteiger partial charge on any atom is -0.368 e. The number of anilines is 1. The number of amides is 1. The van der Waals surface area contributed by atoms with Crippen molar-refractivity contribution in [1.82, 2.24) is 29.6 Å². The van der Waals surface area contributed by atoms with Crippen LogP contribution in [0.1, 0.15) is 21.1 Å². The number of nitro benzene ring substituents is 1. The number of para-hydroxylation sites is 1. The molecule has 0 spiro atoms. The van der Waals surface area contributed by atoms with Gasteiger partial charge in [-0.15, -0.1) is 21.5 Å². The molecular formula is C29H26N8O3S2. The number of aryl methyl sites for hydroxylation is 1. The summed E-state index contributed by atoms with van der Waals surface area (Å²) in [7, 11) is 0. The first-order valence-electron chi connectivity index (χ1n) is 13.3. The van der Waals surface area contributed by atoms with Crippen LogP contribution in [0.2, 0.25) is 0 Å². The summed E-state index contributed by atoms with van der Waals surface area (Å²) in [5.74, 6) is 1.19. The van der Waals surface area contributed by atoms with Gasteiger partial charge in [-0.2, -0.15) is 0 Å². The predicted molar refractivity (Wildman–Crippen MR) is 162 cm³/mol. The molecule has 0 atom stereocenters. The zero-order chi connectivity index (χ0) is 29.1. The lowest BCUT2D eigenvalue weighted by Crippen LogP contribution is -2.48. The molecule has 1 amide bonds. The van der Waals surface area contributed by atoms with Crippen molar-refractivity contribution in [2.45, 2.75) is 17.8 Å². The molecule has 0 unspecified atom stereocenters. The summed E-state index contributed by atoms with van der Waals surface area (Å²) in [6.07, 6.45) is 3.48. The number of nitrogens with zero attached hydrogens (tertiary/aromatic N) is 8. The molecule has 0 aliphatic carbocycles. The molecule has 3 aromatic heterocycles. The van der Waals surface area contributed by atoms with Gasteiger partial charge in [-0.3, -0.25) is 24.5 Å². The van der Waals surface area contributed by atoms with Crippen LogP contribution >= 0.6 is 23.1 Å². The minimum absolute atomic E-state index is 0.0645. The van der Waals surface area contributed by atoms with Gasteiger partial charge in [0.15, 0.2) is 11.0 Å². The standard InChI is InChI=1S/C29H26N8O3S2/c1-20-4-2-3-5-25(20)36-27(21-10-12-30-13-11-21)32-33-29(36)42-19-26-31-24(18-41-26)28(38)35-16-14-34(15-17-35)22-6-8-23(9-7-22)37(39)40/h2-13,18H,14-17,19H2,1H3. The normalized spacial score (nSPS) is 13.4. The fourth-order valence-electron chi connectivity index (χ4n) is 4.80. The maximum absolute atomic E-state index is 13.2. The van der Waals surface area contributed by atoms with Gasteiger partial charge in [-0.05, 0) is 42.8 Å². The number of thiazole rings is 1. The first-order chi connectivity index (χ1) is 20.5. The van der Waals surface area contributed by atoms with Crippen molar-refractivity contribution in [1.29, 1.82) is 0 Å². The number of hydrogen-bond donors (Lipinski definition) is 0. The van der Waals surface area contributed by atoms with Gasteiger partial charge in [0, 0.05) is 67.3 Å². The fraction of sp³-hybridized carbons (Fsp3) is 0.207. The summed E-state index contributed by atoms with van der Waals surface area (Å²) in [6, 6.07) is 18.5. The van der Waals surface area contributed by atoms with E-state index in [1.165, 1.54) is 35.2 Å². The Hall–Kier alpha value is -4.62. The van der Waals surface area contributed by atoms with E-state index < -0.39 is 4.92 Å². The van der Waals surface area contributed by atoms with Crippen molar-refractivity contribution in [3.8, 4) is 17.1 Å². The molecule has 0 radical (unpaired) electrons. The van der Waals surface area contributed by atoms with Crippen LogP contribution in [0.25, 0.3) is 17.1 Å². The fourth-order valence-corrected chi connectivity index (χ4v) is 6.53. The van der Waals surface area contributed by atoms with E-state index in [0.717, 1.165) is 38.5 Å². The molecular weight excluding hydrogens is 573 g/mol. The number of carbonyl (C=O) groups excluding carboxylic acids is 1. The second-order valence-electron chi connectivity index (χ2n) is 9.63. The van der Waals surface area contributed by atoms with Crippen LogP contribution in [0.4, 0.5) is 11.4 Å². The Morgan fingerprint density at radius 2 is 1.74 bits per heavy atom. The zero-order valence-electron chi connectivity index (χ0n) is 22.7. The summed E-state index contributed by atoms with van der Waals surface area (Å²) < 4.78 is 2.05. The van der Waals surface area contributed by atoms with Crippen LogP contribution in [-0.2, 0) is 5.75 Å². The van der Waals surface area contributed by atoms with E-state index in [-0.39, 0.29) is 11.6 Å². The van der Waals surface area contributed by atoms with Crippen LogP contribution < -0.4 is 4.90 Å². The summed E-state index contributed by atoms with van der Waals surface area (Å²) in [5, 5.41) is 23.3. The van der Waals surface area contributed by atoms with E-state index in [1.54, 1.807) is 24.5 Å². The third-order valence-electron chi connectivity index (χ3n) is 7.02. The number of pyridine rings is 1. The number of aromatic nitrogens is 5. The number of nitro groups is 1. The highest BCUT2D eigenvalue weighted by Gasteiger charge is 2.25. The maximum atomic E-state index is 13.2. The highest BCUT2D eigenvalue weighted by atomic mass is 32.2. The monoisotopic (exact) mass is 598 g/mol. The van der Waals surface area contributed by atoms with Crippen molar-refractivity contribution < 1.29 is 9.72 Å². The Bertz CT molecular complexity index is 1710. The lowest BCUT2D eigenvalue weighted by atomic mass is 10.2. The number of benzene rings is 2. The highest BCUT2D eigenvalue weighted by molar-refractivity contribution is 7.98. The minimum atomic E-state index is -0.407. The van der Waals surface area contributed by atoms with E-state index in [4.69, 9.17) is 0 Å². The van der Waals surface area contributed by atoms with Gasteiger partial charge in [0.2, 0.25) is 0 Å². The molecule has 13 heteroatoms. The molecule has 1 aliphatic heterocycles. The van der Waals surface area contributed by atoms with Gasteiger partial charge in [0.1, 0.15) is 10.7 Å². The summed E-state index contributed by atoms with van der Waals surface area (Å²) >= 11 is 2.99. The Balaban J connectivity index is 1.12. The van der Waals surface area contributed by atoms with Gasteiger partial charge in [0.25, 0.3) is 11.6 Å². The van der Waals surface area contributed by atoms with E-state index in [1.807, 2.05) is 34.5 Å². The number of piperazine rings is 1. The van der Waals surface area contributed by atoms with Gasteiger partial charge in [-0.25, -0.2) is 4.98 Å². The second kappa shape index (κ2) is 12.1. The lowest BCUT2D eigenvalue weighted by Gasteiger charge is -2.35. The molecule has 1 fully saturated rings. The maximum Gasteiger partial charge on any atom is 0.273 e. The van der Waals surface area contributed by atoms with Gasteiger partial charge < -0.3 is 9.80 Å². The van der Waals surface area contributed by atoms with Crippen molar-refractivity contribution >= 4 is 40.4 Å². The Kier molecular flexibility index (Phi) is 7.93. The first-order valence-corrected chi connectivity index (χ1v) is 15.1. The average molecular weight is 599 g/mol. The molecule has 0 N–H and O–H groups in total. The largest absolute Gasteiger partial charge is 0.368 e. The van der Waals surface area contributed by atoms with E-state index >= 15 is 0 Å². The topological polar surface area (TPSA) is 123 Å². The average Bonchev–Trinajstić information content (AvgIpc) is 3.68. The molecule has 0 saturated carbocycles. The van der Waals surface area contributed by atoms with Crippen molar-refractivity contribution in [2.75, 3.05) is 31.1 Å². The molecule has 6 rings (SSSR count). The Morgan fingerprint density at radius 3 is 2.45 bits per heavy atom. The number of rotatable bonds is 8. The number of thioether (sulfide) groups is 1. The van der Waals surface area contributed by atoms with Crippen LogP contribution in [0.3, 0.4) is 0 Å². The van der Waals surface area contributed by atoms with Crippen molar-refractivity contribution in [3.63, 3.8) is 0 Å². The van der Waals surface area contributed by atoms with Crippen molar-refractivity contribution in [2.24, 2.45) is 0 Å². The quantitative estimate of drug-likeness (QED) is 0.134. The SMILES string of the molecule is Cc1ccccc1-n1c(SCc2nc(C(=O)N3CCN(c4ccc([N+](=O)[O-])cc4)CC3)cs2)nnc1-c1ccncc1. The van der Waals surface area contributed by atoms with Crippen LogP contribution in [0, 0.1) is 17.0 Å². The molecule has 5 aromatic rings. The molecule has 11 nitrogen and oxygen atoms in total. The van der Waals surface area contributed by atoms with Crippen LogP contribution in [0.15, 0.2) is 83.6 Å². The smallest absolute Gasteiger partial charge is 0.273 e. The highest BCUT2D eigenvalue weighted by Crippen LogP contribution is 2.31. The zero-order valence-corrected chi connectivity index (χ0v) is 24.3. The predicted octanol–water partition coefficient (Wildman–Crippen LogP) is 5.26. The van der Waals surface area contributed by atoms with E-state index in [0.29, 0.717) is 37.6 Å². The van der Waals surface area contributed by atoms with E-state index in [2.05, 4.69) is 48.7 Å². The molecule has 4 heterocycles. The van der Waals surface area contributed by atoms with Gasteiger partial charge in [0.05, 0.1) is 16.4 Å². The van der Waals surface area contributed by atoms with Gasteiger partial charge in [-0.1, -0.05) is 30.0 Å². The van der Waals surface area contributed by atoms with Crippen LogP contribution in [0.5, 0.6) is 0 Å². The van der Waals surface area contributed by atoms with Gasteiger partial charge >= 0.3 is 0 Å². The molecule has 2 aromatic carbocycles. The van der Waals surface area contributed by atoms with Crippen LogP contribution in [-0.4, -0.2) is 66.6 Å². The lowest BCUT2D eigenvalue weighted by molar-refractivity contribution is -0.384. The summed E-state index contributed by atoms with van der Waals surface area (Å²) in [5.41, 5.74) is 4.44. The molecule has 1 aliphatic rings.